The highest BCUT2D eigenvalue weighted by Crippen LogP contribution is 2.59. The summed E-state index contributed by atoms with van der Waals surface area (Å²) in [7, 11) is 0. The molecule has 4 N–H and O–H groups in total. The van der Waals surface area contributed by atoms with Crippen molar-refractivity contribution in [1.29, 1.82) is 5.26 Å². The molecule has 4 saturated carbocycles. The molecular formula is C25H28N6S. The molecule has 4 bridgehead atoms. The molecule has 164 valence electrons. The molecule has 1 aromatic carbocycles. The van der Waals surface area contributed by atoms with Crippen LogP contribution in [0.4, 0.5) is 11.8 Å². The normalized spacial score (nSPS) is 30.4. The van der Waals surface area contributed by atoms with E-state index in [1.54, 1.807) is 17.5 Å². The highest BCUT2D eigenvalue weighted by atomic mass is 32.1. The molecule has 0 spiro atoms. The van der Waals surface area contributed by atoms with Crippen molar-refractivity contribution in [3.63, 3.8) is 0 Å². The minimum absolute atomic E-state index is 0.299. The molecule has 3 aromatic rings. The minimum Gasteiger partial charge on any atom is -0.368 e. The van der Waals surface area contributed by atoms with Crippen LogP contribution in [-0.2, 0) is 6.54 Å². The first-order chi connectivity index (χ1) is 15.6. The lowest BCUT2D eigenvalue weighted by Crippen LogP contribution is -2.58. The highest BCUT2D eigenvalue weighted by Gasteiger charge is 2.54. The van der Waals surface area contributed by atoms with Crippen LogP contribution in [-0.4, -0.2) is 22.6 Å². The molecule has 5 atom stereocenters. The van der Waals surface area contributed by atoms with Crippen molar-refractivity contribution in [1.82, 2.24) is 9.97 Å². The van der Waals surface area contributed by atoms with Crippen LogP contribution < -0.4 is 16.4 Å². The molecule has 0 amide bonds. The monoisotopic (exact) mass is 444 g/mol. The van der Waals surface area contributed by atoms with Gasteiger partial charge in [-0.2, -0.15) is 10.2 Å². The number of nitrogens with zero attached hydrogens (tertiary/aromatic N) is 3. The standard InChI is InChI=1S/C25H28N6S/c26-10-18-11-28-24(29-12-19-13-32-21-4-2-1-3-20(19)21)31-23(18)30-14-25-7-15-5-16(8-25)22(27)17(6-15)9-25/h1-4,11,13,15-17,22H,5-9,12,14,27H2,(H2,28,29,30,31)/t15?,16-,17+,22?,25?. The maximum absolute atomic E-state index is 9.60. The lowest BCUT2D eigenvalue weighted by molar-refractivity contribution is -0.0591. The Morgan fingerprint density at radius 3 is 2.78 bits per heavy atom. The van der Waals surface area contributed by atoms with E-state index in [1.165, 1.54) is 47.8 Å². The fourth-order valence-electron chi connectivity index (χ4n) is 6.75. The van der Waals surface area contributed by atoms with Gasteiger partial charge >= 0.3 is 0 Å². The van der Waals surface area contributed by atoms with Gasteiger partial charge in [0.25, 0.3) is 0 Å². The van der Waals surface area contributed by atoms with Crippen LogP contribution in [0.2, 0.25) is 0 Å². The maximum atomic E-state index is 9.60. The van der Waals surface area contributed by atoms with Crippen LogP contribution in [0.5, 0.6) is 0 Å². The van der Waals surface area contributed by atoms with Crippen LogP contribution in [0.15, 0.2) is 35.8 Å². The van der Waals surface area contributed by atoms with Gasteiger partial charge in [-0.3, -0.25) is 0 Å². The number of hydrogen-bond donors (Lipinski definition) is 3. The number of nitriles is 1. The van der Waals surface area contributed by atoms with Crippen molar-refractivity contribution < 1.29 is 0 Å². The summed E-state index contributed by atoms with van der Waals surface area (Å²) in [5.74, 6) is 3.35. The molecule has 4 aliphatic carbocycles. The molecule has 2 aromatic heterocycles. The third-order valence-electron chi connectivity index (χ3n) is 8.01. The maximum Gasteiger partial charge on any atom is 0.224 e. The fraction of sp³-hybridized carbons (Fsp3) is 0.480. The largest absolute Gasteiger partial charge is 0.368 e. The number of nitrogens with one attached hydrogen (secondary N) is 2. The van der Waals surface area contributed by atoms with Crippen LogP contribution in [0.25, 0.3) is 10.1 Å². The average Bonchev–Trinajstić information content (AvgIpc) is 3.22. The Kier molecular flexibility index (Phi) is 4.81. The predicted octanol–water partition coefficient (Wildman–Crippen LogP) is 4.74. The summed E-state index contributed by atoms with van der Waals surface area (Å²) in [6, 6.07) is 11.1. The summed E-state index contributed by atoms with van der Waals surface area (Å²) in [6.45, 7) is 1.52. The van der Waals surface area contributed by atoms with Crippen molar-refractivity contribution in [2.75, 3.05) is 17.2 Å². The topological polar surface area (TPSA) is 99.6 Å². The molecule has 0 radical (unpaired) electrons. The molecule has 6 nitrogen and oxygen atoms in total. The van der Waals surface area contributed by atoms with Crippen molar-refractivity contribution in [2.45, 2.75) is 44.7 Å². The molecular weight excluding hydrogens is 416 g/mol. The summed E-state index contributed by atoms with van der Waals surface area (Å²) < 4.78 is 1.28. The van der Waals surface area contributed by atoms with Crippen LogP contribution >= 0.6 is 11.3 Å². The number of rotatable bonds is 6. The summed E-state index contributed by atoms with van der Waals surface area (Å²) >= 11 is 1.75. The van der Waals surface area contributed by atoms with Crippen molar-refractivity contribution in [2.24, 2.45) is 28.9 Å². The Morgan fingerprint density at radius 1 is 1.16 bits per heavy atom. The number of benzene rings is 1. The Morgan fingerprint density at radius 2 is 1.97 bits per heavy atom. The van der Waals surface area contributed by atoms with E-state index in [2.05, 4.69) is 56.3 Å². The number of hydrogen-bond acceptors (Lipinski definition) is 7. The van der Waals surface area contributed by atoms with Gasteiger partial charge in [0.05, 0.1) is 6.20 Å². The third-order valence-corrected chi connectivity index (χ3v) is 9.02. The lowest BCUT2D eigenvalue weighted by Gasteiger charge is -2.59. The lowest BCUT2D eigenvalue weighted by atomic mass is 9.48. The second kappa shape index (κ2) is 7.72. The zero-order valence-corrected chi connectivity index (χ0v) is 18.9. The molecule has 2 heterocycles. The quantitative estimate of drug-likeness (QED) is 0.508. The summed E-state index contributed by atoms with van der Waals surface area (Å²) in [5.41, 5.74) is 8.55. The summed E-state index contributed by atoms with van der Waals surface area (Å²) in [4.78, 5) is 9.05. The Labute approximate surface area is 192 Å². The molecule has 0 aliphatic heterocycles. The van der Waals surface area contributed by atoms with Gasteiger partial charge in [0.15, 0.2) is 0 Å². The van der Waals surface area contributed by atoms with E-state index in [-0.39, 0.29) is 0 Å². The fourth-order valence-corrected chi connectivity index (χ4v) is 7.71. The summed E-state index contributed by atoms with van der Waals surface area (Å²) in [6.07, 6.45) is 7.93. The first-order valence-corrected chi connectivity index (χ1v) is 12.5. The smallest absolute Gasteiger partial charge is 0.224 e. The average molecular weight is 445 g/mol. The zero-order chi connectivity index (χ0) is 21.7. The highest BCUT2D eigenvalue weighted by molar-refractivity contribution is 7.17. The van der Waals surface area contributed by atoms with Gasteiger partial charge < -0.3 is 16.4 Å². The molecule has 4 aliphatic rings. The number of nitrogens with two attached hydrogens (primary N) is 1. The van der Waals surface area contributed by atoms with E-state index in [4.69, 9.17) is 5.73 Å². The van der Waals surface area contributed by atoms with Gasteiger partial charge in [-0.05, 0) is 77.7 Å². The van der Waals surface area contributed by atoms with Gasteiger partial charge in [0.1, 0.15) is 17.5 Å². The van der Waals surface area contributed by atoms with Crippen molar-refractivity contribution in [3.05, 3.63) is 47.0 Å². The van der Waals surface area contributed by atoms with E-state index in [0.717, 1.165) is 12.5 Å². The van der Waals surface area contributed by atoms with E-state index in [9.17, 15) is 5.26 Å². The second-order valence-corrected chi connectivity index (χ2v) is 11.0. The van der Waals surface area contributed by atoms with Crippen molar-refractivity contribution >= 4 is 33.2 Å². The van der Waals surface area contributed by atoms with Gasteiger partial charge in [-0.1, -0.05) is 18.2 Å². The van der Waals surface area contributed by atoms with Gasteiger partial charge in [-0.25, -0.2) is 4.98 Å². The van der Waals surface area contributed by atoms with Crippen LogP contribution in [0.3, 0.4) is 0 Å². The Balaban J connectivity index is 1.17. The summed E-state index contributed by atoms with van der Waals surface area (Å²) in [5, 5.41) is 19.9. The molecule has 0 saturated heterocycles. The minimum atomic E-state index is 0.299. The van der Waals surface area contributed by atoms with E-state index in [1.807, 2.05) is 0 Å². The zero-order valence-electron chi connectivity index (χ0n) is 18.1. The van der Waals surface area contributed by atoms with Gasteiger partial charge in [0.2, 0.25) is 5.95 Å². The van der Waals surface area contributed by atoms with Gasteiger partial charge in [0, 0.05) is 23.8 Å². The third kappa shape index (κ3) is 3.42. The predicted molar refractivity (Wildman–Crippen MR) is 128 cm³/mol. The second-order valence-electron chi connectivity index (χ2n) is 10.1. The molecule has 7 rings (SSSR count). The molecule has 3 unspecified atom stereocenters. The molecule has 32 heavy (non-hydrogen) atoms. The first kappa shape index (κ1) is 20.0. The molecule has 7 heteroatoms. The molecule has 4 fully saturated rings. The van der Waals surface area contributed by atoms with Crippen LogP contribution in [0.1, 0.15) is 43.2 Å². The Bertz CT molecular complexity index is 1180. The number of anilines is 2. The number of fused-ring (bicyclic) bond motifs is 1. The number of thiophene rings is 1. The SMILES string of the molecule is N#Cc1cnc(NCc2csc3ccccc23)nc1NCC12CC3C[C@H](C1)C(N)[C@@H](C3)C2. The van der Waals surface area contributed by atoms with E-state index in [0.29, 0.717) is 47.2 Å². The number of aromatic nitrogens is 2. The van der Waals surface area contributed by atoms with E-state index < -0.39 is 0 Å². The Hall–Kier alpha value is -2.69. The first-order valence-electron chi connectivity index (χ1n) is 11.6. The van der Waals surface area contributed by atoms with E-state index >= 15 is 0 Å². The van der Waals surface area contributed by atoms with Gasteiger partial charge in [-0.15, -0.1) is 11.3 Å². The van der Waals surface area contributed by atoms with Crippen molar-refractivity contribution in [3.8, 4) is 6.07 Å². The van der Waals surface area contributed by atoms with Crippen LogP contribution in [0, 0.1) is 34.5 Å².